The first-order valence-corrected chi connectivity index (χ1v) is 3.55. The number of carbonyl (C=O) groups excluding carboxylic acids is 1. The summed E-state index contributed by atoms with van der Waals surface area (Å²) in [5, 5.41) is 17.9. The van der Waals surface area contributed by atoms with Crippen LogP contribution in [-0.2, 0) is 4.74 Å². The number of aliphatic hydroxyl groups is 1. The van der Waals surface area contributed by atoms with Crippen molar-refractivity contribution in [2.24, 2.45) is 0 Å². The Morgan fingerprint density at radius 3 is 2.85 bits per heavy atom. The number of rotatable bonds is 0. The highest BCUT2D eigenvalue weighted by Gasteiger charge is 2.26. The molecule has 0 amide bonds. The Labute approximate surface area is 73.1 Å². The fourth-order valence-electron chi connectivity index (χ4n) is 1.07. The molecule has 0 radical (unpaired) electrons. The predicted octanol–water partition coefficient (Wildman–Crippen LogP) is 0.217. The van der Waals surface area contributed by atoms with E-state index in [0.717, 1.165) is 0 Å². The lowest BCUT2D eigenvalue weighted by atomic mass is 10.2. The summed E-state index contributed by atoms with van der Waals surface area (Å²) >= 11 is 0. The Kier molecular flexibility index (Phi) is 1.60. The highest BCUT2D eigenvalue weighted by Crippen LogP contribution is 2.28. The van der Waals surface area contributed by atoms with Crippen molar-refractivity contribution in [2.45, 2.75) is 6.48 Å². The van der Waals surface area contributed by atoms with Crippen molar-refractivity contribution in [3.8, 4) is 11.5 Å². The van der Waals surface area contributed by atoms with Gasteiger partial charge in [-0.1, -0.05) is 0 Å². The average molecular weight is 182 g/mol. The molecular formula is C8H6O5. The van der Waals surface area contributed by atoms with Gasteiger partial charge in [0.2, 0.25) is 0 Å². The van der Waals surface area contributed by atoms with E-state index in [1.165, 1.54) is 18.2 Å². The van der Waals surface area contributed by atoms with Gasteiger partial charge in [0.05, 0.1) is 0 Å². The Bertz CT molecular complexity index is 360. The lowest BCUT2D eigenvalue weighted by Crippen LogP contribution is -2.29. The first-order valence-electron chi connectivity index (χ1n) is 3.55. The maximum absolute atomic E-state index is 11.1. The van der Waals surface area contributed by atoms with E-state index in [2.05, 4.69) is 4.74 Å². The molecule has 1 aliphatic heterocycles. The predicted molar refractivity (Wildman–Crippen MR) is 40.2 cm³/mol. The van der Waals surface area contributed by atoms with Gasteiger partial charge in [0.15, 0.2) is 0 Å². The number of ether oxygens (including phenoxy) is 2. The third-order valence-corrected chi connectivity index (χ3v) is 1.62. The van der Waals surface area contributed by atoms with Crippen molar-refractivity contribution in [2.75, 3.05) is 0 Å². The molecule has 0 aliphatic carbocycles. The van der Waals surface area contributed by atoms with Crippen molar-refractivity contribution in [3.63, 3.8) is 0 Å². The molecule has 68 valence electrons. The van der Waals surface area contributed by atoms with E-state index in [4.69, 9.17) is 14.9 Å². The van der Waals surface area contributed by atoms with Gasteiger partial charge in [-0.15, -0.1) is 0 Å². The number of benzene rings is 1. The summed E-state index contributed by atoms with van der Waals surface area (Å²) in [5.74, 6) is -0.582. The number of phenolic OH excluding ortho intramolecular Hbond substituents is 1. The van der Waals surface area contributed by atoms with Gasteiger partial charge in [0, 0.05) is 0 Å². The molecule has 1 atom stereocenters. The molecule has 0 fully saturated rings. The van der Waals surface area contributed by atoms with Crippen LogP contribution in [0, 0.1) is 0 Å². The number of cyclic esters (lactones) is 1. The molecule has 13 heavy (non-hydrogen) atoms. The second kappa shape index (κ2) is 2.63. The van der Waals surface area contributed by atoms with E-state index in [1.54, 1.807) is 0 Å². The van der Waals surface area contributed by atoms with Crippen LogP contribution in [0.1, 0.15) is 10.4 Å². The van der Waals surface area contributed by atoms with Gasteiger partial charge < -0.3 is 19.7 Å². The quantitative estimate of drug-likeness (QED) is 0.561. The van der Waals surface area contributed by atoms with Crippen LogP contribution in [0.15, 0.2) is 18.2 Å². The van der Waals surface area contributed by atoms with Gasteiger partial charge in [-0.3, -0.25) is 0 Å². The fourth-order valence-corrected chi connectivity index (χ4v) is 1.07. The Hall–Kier alpha value is -1.75. The number of hydrogen-bond acceptors (Lipinski definition) is 5. The number of aromatic hydroxyl groups is 1. The minimum atomic E-state index is -1.57. The van der Waals surface area contributed by atoms with Crippen LogP contribution in [-0.4, -0.2) is 22.7 Å². The van der Waals surface area contributed by atoms with Crippen molar-refractivity contribution < 1.29 is 24.5 Å². The highest BCUT2D eigenvalue weighted by atomic mass is 16.8. The maximum atomic E-state index is 11.1. The third kappa shape index (κ3) is 1.29. The molecule has 5 heteroatoms. The standard InChI is InChI=1S/C8H6O5/c9-4-1-2-6-5(3-4)7(10)13-8(11)12-6/h1-3,8-9,11H. The van der Waals surface area contributed by atoms with Gasteiger partial charge in [0.1, 0.15) is 17.1 Å². The first kappa shape index (κ1) is 7.88. The first-order chi connectivity index (χ1) is 6.16. The molecule has 0 aromatic heterocycles. The molecular weight excluding hydrogens is 176 g/mol. The van der Waals surface area contributed by atoms with E-state index < -0.39 is 12.4 Å². The number of hydrogen-bond donors (Lipinski definition) is 2. The summed E-state index contributed by atoms with van der Waals surface area (Å²) < 4.78 is 9.11. The Morgan fingerprint density at radius 2 is 2.08 bits per heavy atom. The number of carbonyl (C=O) groups is 1. The largest absolute Gasteiger partial charge is 0.508 e. The summed E-state index contributed by atoms with van der Waals surface area (Å²) in [5.41, 5.74) is 0.102. The van der Waals surface area contributed by atoms with Gasteiger partial charge in [-0.25, -0.2) is 4.79 Å². The molecule has 1 aliphatic rings. The molecule has 2 N–H and O–H groups in total. The van der Waals surface area contributed by atoms with Crippen LogP contribution in [0.3, 0.4) is 0 Å². The molecule has 0 spiro atoms. The van der Waals surface area contributed by atoms with Gasteiger partial charge in [-0.2, -0.15) is 0 Å². The molecule has 1 unspecified atom stereocenters. The summed E-state index contributed by atoms with van der Waals surface area (Å²) in [6.45, 7) is -1.57. The van der Waals surface area contributed by atoms with Gasteiger partial charge in [0.25, 0.3) is 0 Å². The average Bonchev–Trinajstić information content (AvgIpc) is 2.06. The van der Waals surface area contributed by atoms with Crippen LogP contribution >= 0.6 is 0 Å². The van der Waals surface area contributed by atoms with E-state index in [-0.39, 0.29) is 17.1 Å². The molecule has 0 bridgehead atoms. The lowest BCUT2D eigenvalue weighted by molar-refractivity contribution is -0.190. The minimum Gasteiger partial charge on any atom is -0.508 e. The summed E-state index contributed by atoms with van der Waals surface area (Å²) in [4.78, 5) is 11.1. The zero-order valence-corrected chi connectivity index (χ0v) is 6.43. The number of phenols is 1. The molecule has 5 nitrogen and oxygen atoms in total. The molecule has 0 saturated heterocycles. The third-order valence-electron chi connectivity index (χ3n) is 1.62. The van der Waals surface area contributed by atoms with Crippen LogP contribution in [0.4, 0.5) is 0 Å². The number of fused-ring (bicyclic) bond motifs is 1. The summed E-state index contributed by atoms with van der Waals surface area (Å²) in [7, 11) is 0. The van der Waals surface area contributed by atoms with Crippen LogP contribution < -0.4 is 4.74 Å². The topological polar surface area (TPSA) is 76.0 Å². The van der Waals surface area contributed by atoms with E-state index in [0.29, 0.717) is 0 Å². The second-order valence-corrected chi connectivity index (χ2v) is 2.51. The number of esters is 1. The molecule has 1 aromatic carbocycles. The van der Waals surface area contributed by atoms with Gasteiger partial charge in [-0.05, 0) is 18.2 Å². The van der Waals surface area contributed by atoms with Crippen molar-refractivity contribution in [3.05, 3.63) is 23.8 Å². The molecule has 2 rings (SSSR count). The summed E-state index contributed by atoms with van der Waals surface area (Å²) in [6.07, 6.45) is 0. The monoisotopic (exact) mass is 182 g/mol. The lowest BCUT2D eigenvalue weighted by Gasteiger charge is -2.20. The zero-order chi connectivity index (χ0) is 9.42. The Balaban J connectivity index is 2.49. The van der Waals surface area contributed by atoms with Crippen molar-refractivity contribution in [1.29, 1.82) is 0 Å². The highest BCUT2D eigenvalue weighted by molar-refractivity contribution is 5.93. The van der Waals surface area contributed by atoms with Crippen molar-refractivity contribution >= 4 is 5.97 Å². The Morgan fingerprint density at radius 1 is 1.31 bits per heavy atom. The van der Waals surface area contributed by atoms with Crippen LogP contribution in [0.5, 0.6) is 11.5 Å². The fraction of sp³-hybridized carbons (Fsp3) is 0.125. The SMILES string of the molecule is O=C1OC(O)Oc2ccc(O)cc21. The molecule has 0 saturated carbocycles. The van der Waals surface area contributed by atoms with E-state index >= 15 is 0 Å². The second-order valence-electron chi connectivity index (χ2n) is 2.51. The van der Waals surface area contributed by atoms with E-state index in [1.807, 2.05) is 0 Å². The van der Waals surface area contributed by atoms with E-state index in [9.17, 15) is 4.79 Å². The zero-order valence-electron chi connectivity index (χ0n) is 6.43. The van der Waals surface area contributed by atoms with Crippen LogP contribution in [0.25, 0.3) is 0 Å². The smallest absolute Gasteiger partial charge is 0.360 e. The minimum absolute atomic E-state index is 0.0595. The van der Waals surface area contributed by atoms with Crippen LogP contribution in [0.2, 0.25) is 0 Å². The maximum Gasteiger partial charge on any atom is 0.360 e. The normalized spacial score (nSPS) is 20.1. The van der Waals surface area contributed by atoms with Gasteiger partial charge >= 0.3 is 12.4 Å². The summed E-state index contributed by atoms with van der Waals surface area (Å²) in [6, 6.07) is 3.95. The molecule has 1 heterocycles. The number of aliphatic hydroxyl groups excluding tert-OH is 1. The van der Waals surface area contributed by atoms with Crippen molar-refractivity contribution in [1.82, 2.24) is 0 Å². The molecule has 1 aromatic rings.